The Morgan fingerprint density at radius 3 is 2.62 bits per heavy atom. The van der Waals surface area contributed by atoms with Crippen molar-refractivity contribution in [1.82, 2.24) is 10.2 Å². The molecule has 0 atom stereocenters. The van der Waals surface area contributed by atoms with Crippen molar-refractivity contribution in [1.29, 1.82) is 0 Å². The van der Waals surface area contributed by atoms with Gasteiger partial charge in [-0.25, -0.2) is 5.10 Å². The van der Waals surface area contributed by atoms with Crippen molar-refractivity contribution < 1.29 is 4.74 Å². The maximum atomic E-state index is 12.0. The van der Waals surface area contributed by atoms with Crippen LogP contribution in [0.25, 0.3) is 11.1 Å². The van der Waals surface area contributed by atoms with Gasteiger partial charge in [-0.2, -0.15) is 5.10 Å². The van der Waals surface area contributed by atoms with Gasteiger partial charge >= 0.3 is 5.56 Å². The molecule has 0 spiro atoms. The Morgan fingerprint density at radius 2 is 2.00 bits per heavy atom. The fraction of sp³-hybridized carbons (Fsp3) is 0.375. The zero-order chi connectivity index (χ0) is 15.2. The van der Waals surface area contributed by atoms with E-state index >= 15 is 0 Å². The number of rotatable bonds is 6. The number of nitrogens with one attached hydrogen (secondary N) is 1. The molecule has 0 aliphatic heterocycles. The lowest BCUT2D eigenvalue weighted by atomic mass is 10.1. The van der Waals surface area contributed by atoms with E-state index in [-0.39, 0.29) is 5.56 Å². The van der Waals surface area contributed by atoms with E-state index in [9.17, 15) is 4.79 Å². The van der Waals surface area contributed by atoms with Crippen LogP contribution in [0.2, 0.25) is 0 Å². The fourth-order valence-corrected chi connectivity index (χ4v) is 2.31. The van der Waals surface area contributed by atoms with Gasteiger partial charge in [0.15, 0.2) is 5.75 Å². The van der Waals surface area contributed by atoms with Gasteiger partial charge in [-0.15, -0.1) is 11.8 Å². The molecule has 2 aromatic rings. The number of ether oxygens (including phenoxy) is 1. The van der Waals surface area contributed by atoms with E-state index < -0.39 is 0 Å². The van der Waals surface area contributed by atoms with Crippen LogP contribution in [0.4, 0.5) is 0 Å². The Balaban J connectivity index is 2.29. The van der Waals surface area contributed by atoms with Gasteiger partial charge < -0.3 is 4.74 Å². The van der Waals surface area contributed by atoms with Gasteiger partial charge in [0.1, 0.15) is 0 Å². The quantitative estimate of drug-likeness (QED) is 0.829. The molecule has 0 amide bonds. The molecule has 0 fully saturated rings. The molecule has 1 heterocycles. The van der Waals surface area contributed by atoms with Crippen LogP contribution in [0, 0.1) is 5.92 Å². The number of nitrogens with zero attached hydrogens (tertiary/aromatic N) is 1. The first-order chi connectivity index (χ1) is 10.1. The number of H-pyrrole nitrogens is 1. The monoisotopic (exact) mass is 304 g/mol. The van der Waals surface area contributed by atoms with Gasteiger partial charge in [0, 0.05) is 10.5 Å². The summed E-state index contributed by atoms with van der Waals surface area (Å²) in [7, 11) is 0. The molecule has 0 radical (unpaired) electrons. The van der Waals surface area contributed by atoms with Crippen molar-refractivity contribution in [2.45, 2.75) is 25.2 Å². The van der Waals surface area contributed by atoms with Crippen LogP contribution in [0.1, 0.15) is 20.3 Å². The Bertz CT molecular complexity index is 635. The molecule has 21 heavy (non-hydrogen) atoms. The molecule has 2 rings (SSSR count). The van der Waals surface area contributed by atoms with E-state index in [0.29, 0.717) is 18.3 Å². The van der Waals surface area contributed by atoms with Gasteiger partial charge in [0.25, 0.3) is 0 Å². The van der Waals surface area contributed by atoms with E-state index in [1.54, 1.807) is 18.0 Å². The zero-order valence-electron chi connectivity index (χ0n) is 12.6. The van der Waals surface area contributed by atoms with Gasteiger partial charge in [0.05, 0.1) is 12.8 Å². The lowest BCUT2D eigenvalue weighted by molar-refractivity contribution is 0.286. The van der Waals surface area contributed by atoms with Crippen molar-refractivity contribution in [3.63, 3.8) is 0 Å². The predicted octanol–water partition coefficient (Wildman–Crippen LogP) is 3.58. The number of thioether (sulfide) groups is 1. The summed E-state index contributed by atoms with van der Waals surface area (Å²) >= 11 is 1.68. The average molecular weight is 304 g/mol. The van der Waals surface area contributed by atoms with E-state index in [0.717, 1.165) is 17.5 Å². The molecule has 1 N–H and O–H groups in total. The maximum Gasteiger partial charge on any atom is 0.307 e. The highest BCUT2D eigenvalue weighted by Crippen LogP contribution is 2.27. The summed E-state index contributed by atoms with van der Waals surface area (Å²) in [6.07, 6.45) is 4.58. The molecule has 1 aromatic carbocycles. The molecule has 4 nitrogen and oxygen atoms in total. The Hall–Kier alpha value is -1.75. The zero-order valence-corrected chi connectivity index (χ0v) is 13.4. The summed E-state index contributed by atoms with van der Waals surface area (Å²) in [5.41, 5.74) is 1.38. The minimum absolute atomic E-state index is 0.287. The highest BCUT2D eigenvalue weighted by molar-refractivity contribution is 7.98. The van der Waals surface area contributed by atoms with Gasteiger partial charge in [-0.3, -0.25) is 4.79 Å². The standard InChI is InChI=1S/C16H20N2O2S/c1-11(2)8-9-20-15-14(10-17-18-16(15)19)12-4-6-13(21-3)7-5-12/h4-7,10-11H,8-9H2,1-3H3,(H,18,19). The molecular weight excluding hydrogens is 284 g/mol. The van der Waals surface area contributed by atoms with Crippen LogP contribution in [-0.4, -0.2) is 23.1 Å². The lowest BCUT2D eigenvalue weighted by Gasteiger charge is -2.11. The third kappa shape index (κ3) is 4.11. The molecule has 0 saturated carbocycles. The van der Waals surface area contributed by atoms with E-state index in [4.69, 9.17) is 4.74 Å². The summed E-state index contributed by atoms with van der Waals surface area (Å²) in [6, 6.07) is 8.02. The van der Waals surface area contributed by atoms with Crippen LogP contribution in [0.3, 0.4) is 0 Å². The van der Waals surface area contributed by atoms with Gasteiger partial charge in [-0.05, 0) is 36.3 Å². The second-order valence-corrected chi connectivity index (χ2v) is 6.08. The second kappa shape index (κ2) is 7.31. The lowest BCUT2D eigenvalue weighted by Crippen LogP contribution is -2.15. The normalized spacial score (nSPS) is 10.9. The second-order valence-electron chi connectivity index (χ2n) is 5.20. The van der Waals surface area contributed by atoms with E-state index in [1.807, 2.05) is 30.5 Å². The minimum Gasteiger partial charge on any atom is -0.487 e. The summed E-state index contributed by atoms with van der Waals surface area (Å²) in [4.78, 5) is 13.1. The number of aromatic amines is 1. The molecule has 5 heteroatoms. The Morgan fingerprint density at radius 1 is 1.29 bits per heavy atom. The third-order valence-corrected chi connectivity index (χ3v) is 3.90. The SMILES string of the molecule is CSc1ccc(-c2cn[nH]c(=O)c2OCCC(C)C)cc1. The van der Waals surface area contributed by atoms with Crippen LogP contribution >= 0.6 is 11.8 Å². The minimum atomic E-state index is -0.287. The Labute approximate surface area is 128 Å². The smallest absolute Gasteiger partial charge is 0.307 e. The molecular formula is C16H20N2O2S. The number of aromatic nitrogens is 2. The fourth-order valence-electron chi connectivity index (χ4n) is 1.90. The molecule has 0 aliphatic carbocycles. The molecule has 0 unspecified atom stereocenters. The van der Waals surface area contributed by atoms with Crippen LogP contribution < -0.4 is 10.3 Å². The van der Waals surface area contributed by atoms with Crippen LogP contribution in [-0.2, 0) is 0 Å². The largest absolute Gasteiger partial charge is 0.487 e. The van der Waals surface area contributed by atoms with Crippen molar-refractivity contribution in [2.24, 2.45) is 5.92 Å². The summed E-state index contributed by atoms with van der Waals surface area (Å²) in [6.45, 7) is 4.78. The van der Waals surface area contributed by atoms with Gasteiger partial charge in [0.2, 0.25) is 0 Å². The van der Waals surface area contributed by atoms with E-state index in [1.165, 1.54) is 4.90 Å². The highest BCUT2D eigenvalue weighted by atomic mass is 32.2. The predicted molar refractivity (Wildman–Crippen MR) is 87.0 cm³/mol. The first-order valence-electron chi connectivity index (χ1n) is 6.96. The maximum absolute atomic E-state index is 12.0. The number of hydrogen-bond acceptors (Lipinski definition) is 4. The molecule has 0 aliphatic rings. The van der Waals surface area contributed by atoms with Crippen molar-refractivity contribution >= 4 is 11.8 Å². The molecule has 1 aromatic heterocycles. The van der Waals surface area contributed by atoms with Crippen molar-refractivity contribution in [2.75, 3.05) is 12.9 Å². The highest BCUT2D eigenvalue weighted by Gasteiger charge is 2.11. The van der Waals surface area contributed by atoms with Crippen molar-refractivity contribution in [3.8, 4) is 16.9 Å². The molecule has 112 valence electrons. The number of benzene rings is 1. The first kappa shape index (κ1) is 15.6. The number of hydrogen-bond donors (Lipinski definition) is 1. The summed E-state index contributed by atoms with van der Waals surface area (Å²) in [5.74, 6) is 0.887. The average Bonchev–Trinajstić information content (AvgIpc) is 2.48. The Kier molecular flexibility index (Phi) is 5.44. The van der Waals surface area contributed by atoms with Crippen molar-refractivity contribution in [3.05, 3.63) is 40.8 Å². The van der Waals surface area contributed by atoms with Crippen LogP contribution in [0.5, 0.6) is 5.75 Å². The molecule has 0 bridgehead atoms. The van der Waals surface area contributed by atoms with Gasteiger partial charge in [-0.1, -0.05) is 26.0 Å². The van der Waals surface area contributed by atoms with E-state index in [2.05, 4.69) is 24.0 Å². The third-order valence-electron chi connectivity index (χ3n) is 3.15. The molecule has 0 saturated heterocycles. The first-order valence-corrected chi connectivity index (χ1v) is 8.19. The summed E-state index contributed by atoms with van der Waals surface area (Å²) in [5, 5.41) is 6.32. The van der Waals surface area contributed by atoms with Crippen LogP contribution in [0.15, 0.2) is 40.2 Å². The summed E-state index contributed by atoms with van der Waals surface area (Å²) < 4.78 is 5.70. The topological polar surface area (TPSA) is 55.0 Å².